The number of nitrogens with one attached hydrogen (secondary N) is 1. The second-order valence-corrected chi connectivity index (χ2v) is 5.69. The maximum atomic E-state index is 11.7. The third-order valence-corrected chi connectivity index (χ3v) is 3.11. The van der Waals surface area contributed by atoms with Crippen molar-refractivity contribution in [1.29, 1.82) is 0 Å². The van der Waals surface area contributed by atoms with Gasteiger partial charge in [-0.25, -0.2) is 0 Å². The molecule has 21 heavy (non-hydrogen) atoms. The highest BCUT2D eigenvalue weighted by atomic mass is 16.5. The predicted molar refractivity (Wildman–Crippen MR) is 81.8 cm³/mol. The van der Waals surface area contributed by atoms with E-state index in [-0.39, 0.29) is 24.7 Å². The molecule has 0 aromatic heterocycles. The van der Waals surface area contributed by atoms with E-state index in [0.717, 1.165) is 5.56 Å². The molecule has 1 rings (SSSR count). The van der Waals surface area contributed by atoms with Gasteiger partial charge in [-0.3, -0.25) is 14.9 Å². The number of Topliss-reactive ketones (excluding diaryl/α,β-unsaturated/α-hetero) is 2. The first-order valence-corrected chi connectivity index (χ1v) is 6.98. The molecule has 0 aliphatic rings. The summed E-state index contributed by atoms with van der Waals surface area (Å²) in [6.07, 6.45) is 0. The molecule has 1 aromatic carbocycles. The van der Waals surface area contributed by atoms with Crippen LogP contribution in [0.4, 0.5) is 0 Å². The molecule has 5 heteroatoms. The summed E-state index contributed by atoms with van der Waals surface area (Å²) in [5.41, 5.74) is 5.85. The van der Waals surface area contributed by atoms with E-state index in [1.54, 1.807) is 13.8 Å². The van der Waals surface area contributed by atoms with Crippen molar-refractivity contribution >= 4 is 11.6 Å². The maximum absolute atomic E-state index is 11.7. The van der Waals surface area contributed by atoms with Crippen molar-refractivity contribution in [1.82, 2.24) is 5.32 Å². The summed E-state index contributed by atoms with van der Waals surface area (Å²) < 4.78 is 5.54. The summed E-state index contributed by atoms with van der Waals surface area (Å²) in [4.78, 5) is 23.3. The zero-order valence-corrected chi connectivity index (χ0v) is 12.9. The lowest BCUT2D eigenvalue weighted by atomic mass is 10.0. The van der Waals surface area contributed by atoms with Crippen LogP contribution >= 0.6 is 0 Å². The summed E-state index contributed by atoms with van der Waals surface area (Å²) >= 11 is 0. The molecule has 0 saturated carbocycles. The van der Waals surface area contributed by atoms with Crippen LogP contribution in [0.3, 0.4) is 0 Å². The van der Waals surface area contributed by atoms with E-state index in [1.165, 1.54) is 6.92 Å². The molecule has 3 N–H and O–H groups in total. The SMILES string of the molecule is CC(=O)C(COCc1ccccc1)NCC(=O)C(C)(C)N. The first kappa shape index (κ1) is 17.5. The van der Waals surface area contributed by atoms with Gasteiger partial charge >= 0.3 is 0 Å². The van der Waals surface area contributed by atoms with Crippen LogP contribution in [0.2, 0.25) is 0 Å². The van der Waals surface area contributed by atoms with Gasteiger partial charge in [-0.15, -0.1) is 0 Å². The van der Waals surface area contributed by atoms with Gasteiger partial charge in [0.1, 0.15) is 5.78 Å². The second-order valence-electron chi connectivity index (χ2n) is 5.69. The molecule has 0 saturated heterocycles. The van der Waals surface area contributed by atoms with Gasteiger partial charge in [0.25, 0.3) is 0 Å². The van der Waals surface area contributed by atoms with Crippen LogP contribution in [-0.4, -0.2) is 36.3 Å². The van der Waals surface area contributed by atoms with Crippen LogP contribution in [0.5, 0.6) is 0 Å². The van der Waals surface area contributed by atoms with Crippen LogP contribution < -0.4 is 11.1 Å². The average molecular weight is 292 g/mol. The number of ether oxygens (including phenoxy) is 1. The fraction of sp³-hybridized carbons (Fsp3) is 0.500. The number of hydrogen-bond donors (Lipinski definition) is 2. The molecule has 5 nitrogen and oxygen atoms in total. The molecule has 116 valence electrons. The minimum Gasteiger partial charge on any atom is -0.375 e. The molecule has 1 unspecified atom stereocenters. The number of nitrogens with two attached hydrogens (primary N) is 1. The molecule has 0 radical (unpaired) electrons. The van der Waals surface area contributed by atoms with Gasteiger partial charge in [0.15, 0.2) is 5.78 Å². The Bertz CT molecular complexity index is 466. The van der Waals surface area contributed by atoms with Gasteiger partial charge < -0.3 is 10.5 Å². The number of hydrogen-bond acceptors (Lipinski definition) is 5. The van der Waals surface area contributed by atoms with E-state index in [0.29, 0.717) is 6.61 Å². The van der Waals surface area contributed by atoms with E-state index < -0.39 is 11.6 Å². The standard InChI is InChI=1S/C16H24N2O3/c1-12(19)14(18-9-15(20)16(2,3)17)11-21-10-13-7-5-4-6-8-13/h4-8,14,18H,9-11,17H2,1-3H3. The highest BCUT2D eigenvalue weighted by Crippen LogP contribution is 2.02. The van der Waals surface area contributed by atoms with E-state index in [2.05, 4.69) is 5.32 Å². The van der Waals surface area contributed by atoms with E-state index in [4.69, 9.17) is 10.5 Å². The van der Waals surface area contributed by atoms with Crippen LogP contribution in [0, 0.1) is 0 Å². The van der Waals surface area contributed by atoms with Crippen LogP contribution in [0.15, 0.2) is 30.3 Å². The summed E-state index contributed by atoms with van der Waals surface area (Å²) in [6, 6.07) is 9.21. The Kier molecular flexibility index (Phi) is 6.68. The summed E-state index contributed by atoms with van der Waals surface area (Å²) in [6.45, 7) is 5.48. The number of benzene rings is 1. The van der Waals surface area contributed by atoms with E-state index >= 15 is 0 Å². The van der Waals surface area contributed by atoms with Crippen molar-refractivity contribution in [3.63, 3.8) is 0 Å². The Hall–Kier alpha value is -1.56. The highest BCUT2D eigenvalue weighted by Gasteiger charge is 2.23. The highest BCUT2D eigenvalue weighted by molar-refractivity contribution is 5.90. The lowest BCUT2D eigenvalue weighted by Crippen LogP contribution is -2.50. The Morgan fingerprint density at radius 2 is 1.90 bits per heavy atom. The molecule has 1 atom stereocenters. The zero-order chi connectivity index (χ0) is 15.9. The van der Waals surface area contributed by atoms with Gasteiger partial charge in [-0.1, -0.05) is 30.3 Å². The first-order valence-electron chi connectivity index (χ1n) is 6.98. The third-order valence-electron chi connectivity index (χ3n) is 3.11. The van der Waals surface area contributed by atoms with Crippen molar-refractivity contribution < 1.29 is 14.3 Å². The predicted octanol–water partition coefficient (Wildman–Crippen LogP) is 1.06. The van der Waals surface area contributed by atoms with E-state index in [9.17, 15) is 9.59 Å². The largest absolute Gasteiger partial charge is 0.375 e. The summed E-state index contributed by atoms with van der Waals surface area (Å²) in [5.74, 6) is -0.206. The summed E-state index contributed by atoms with van der Waals surface area (Å²) in [5, 5.41) is 2.91. The van der Waals surface area contributed by atoms with Gasteiger partial charge in [-0.05, 0) is 26.3 Å². The normalized spacial score (nSPS) is 13.0. The Morgan fingerprint density at radius 3 is 2.43 bits per heavy atom. The fourth-order valence-corrected chi connectivity index (χ4v) is 1.63. The molecule has 0 amide bonds. The monoisotopic (exact) mass is 292 g/mol. The summed E-state index contributed by atoms with van der Waals surface area (Å²) in [7, 11) is 0. The van der Waals surface area contributed by atoms with Crippen molar-refractivity contribution in [2.24, 2.45) is 5.73 Å². The van der Waals surface area contributed by atoms with Crippen LogP contribution in [0.1, 0.15) is 26.3 Å². The molecular formula is C16H24N2O3. The molecular weight excluding hydrogens is 268 g/mol. The average Bonchev–Trinajstić information content (AvgIpc) is 2.41. The van der Waals surface area contributed by atoms with Crippen molar-refractivity contribution in [3.8, 4) is 0 Å². The third kappa shape index (κ3) is 6.62. The molecule has 0 fully saturated rings. The minimum atomic E-state index is -0.904. The van der Waals surface area contributed by atoms with Crippen molar-refractivity contribution in [2.75, 3.05) is 13.2 Å². The molecule has 0 spiro atoms. The zero-order valence-electron chi connectivity index (χ0n) is 12.9. The number of ketones is 2. The number of rotatable bonds is 9. The van der Waals surface area contributed by atoms with Gasteiger partial charge in [0.2, 0.25) is 0 Å². The quantitative estimate of drug-likeness (QED) is 0.711. The molecule has 0 aliphatic heterocycles. The fourth-order valence-electron chi connectivity index (χ4n) is 1.63. The van der Waals surface area contributed by atoms with E-state index in [1.807, 2.05) is 30.3 Å². The topological polar surface area (TPSA) is 81.4 Å². The van der Waals surface area contributed by atoms with Crippen molar-refractivity contribution in [3.05, 3.63) is 35.9 Å². The maximum Gasteiger partial charge on any atom is 0.165 e. The second kappa shape index (κ2) is 8.02. The minimum absolute atomic E-state index is 0.0580. The van der Waals surface area contributed by atoms with Gasteiger partial charge in [0.05, 0.1) is 31.3 Å². The number of carbonyl (C=O) groups excluding carboxylic acids is 2. The lowest BCUT2D eigenvalue weighted by Gasteiger charge is -2.20. The van der Waals surface area contributed by atoms with Crippen LogP contribution in [0.25, 0.3) is 0 Å². The van der Waals surface area contributed by atoms with Gasteiger partial charge in [0, 0.05) is 0 Å². The van der Waals surface area contributed by atoms with Gasteiger partial charge in [-0.2, -0.15) is 0 Å². The first-order chi connectivity index (χ1) is 9.80. The Balaban J connectivity index is 2.40. The smallest absolute Gasteiger partial charge is 0.165 e. The molecule has 0 heterocycles. The molecule has 1 aromatic rings. The van der Waals surface area contributed by atoms with Crippen LogP contribution in [-0.2, 0) is 20.9 Å². The Morgan fingerprint density at radius 1 is 1.29 bits per heavy atom. The molecule has 0 bridgehead atoms. The number of carbonyl (C=O) groups is 2. The van der Waals surface area contributed by atoms with Crippen molar-refractivity contribution in [2.45, 2.75) is 39.0 Å². The Labute approximate surface area is 125 Å². The molecule has 0 aliphatic carbocycles. The lowest BCUT2D eigenvalue weighted by molar-refractivity contribution is -0.123.